The van der Waals surface area contributed by atoms with Crippen LogP contribution in [0.2, 0.25) is 0 Å². The molecule has 0 radical (unpaired) electrons. The van der Waals surface area contributed by atoms with Gasteiger partial charge in [-0.2, -0.15) is 8.42 Å². The maximum Gasteiger partial charge on any atom is 0.311 e. The number of ether oxygens (including phenoxy) is 1. The van der Waals surface area contributed by atoms with E-state index in [-0.39, 0.29) is 17.1 Å². The second kappa shape index (κ2) is 9.58. The van der Waals surface area contributed by atoms with Gasteiger partial charge in [0.1, 0.15) is 4.90 Å². The van der Waals surface area contributed by atoms with Crippen LogP contribution in [0.1, 0.15) is 58.3 Å². The van der Waals surface area contributed by atoms with Crippen molar-refractivity contribution in [2.24, 2.45) is 0 Å². The molecule has 0 aromatic heterocycles. The Balaban J connectivity index is 2.37. The molecule has 124 valence electrons. The molecular weight excluding hydrogens is 304 g/mol. The monoisotopic (exact) mass is 328 g/mol. The summed E-state index contributed by atoms with van der Waals surface area (Å²) < 4.78 is 36.5. The van der Waals surface area contributed by atoms with Crippen molar-refractivity contribution in [1.82, 2.24) is 0 Å². The van der Waals surface area contributed by atoms with Crippen molar-refractivity contribution in [1.29, 1.82) is 0 Å². The van der Waals surface area contributed by atoms with Gasteiger partial charge in [0, 0.05) is 6.42 Å². The summed E-state index contributed by atoms with van der Waals surface area (Å²) in [4.78, 5) is 11.3. The summed E-state index contributed by atoms with van der Waals surface area (Å²) in [5, 5.41) is 0. The lowest BCUT2D eigenvalue weighted by molar-refractivity contribution is -0.134. The highest BCUT2D eigenvalue weighted by Crippen LogP contribution is 2.23. The maximum absolute atomic E-state index is 11.7. The van der Waals surface area contributed by atoms with Crippen LogP contribution in [-0.2, 0) is 14.9 Å². The van der Waals surface area contributed by atoms with Crippen molar-refractivity contribution >= 4 is 16.1 Å². The van der Waals surface area contributed by atoms with E-state index in [1.54, 1.807) is 6.07 Å². The van der Waals surface area contributed by atoms with Gasteiger partial charge in [0.15, 0.2) is 5.75 Å². The Morgan fingerprint density at radius 1 is 1.05 bits per heavy atom. The Bertz CT molecular complexity index is 566. The third kappa shape index (κ3) is 7.04. The lowest BCUT2D eigenvalue weighted by Crippen LogP contribution is -2.10. The Morgan fingerprint density at radius 3 is 2.27 bits per heavy atom. The van der Waals surface area contributed by atoms with Gasteiger partial charge in [-0.1, -0.05) is 57.6 Å². The molecule has 6 heteroatoms. The van der Waals surface area contributed by atoms with Crippen molar-refractivity contribution < 1.29 is 22.5 Å². The summed E-state index contributed by atoms with van der Waals surface area (Å²) in [5.74, 6) is -0.609. The molecule has 0 saturated carbocycles. The Hall–Kier alpha value is -1.40. The van der Waals surface area contributed by atoms with Crippen LogP contribution in [0.4, 0.5) is 0 Å². The summed E-state index contributed by atoms with van der Waals surface area (Å²) in [7, 11) is -4.39. The van der Waals surface area contributed by atoms with Crippen molar-refractivity contribution in [2.75, 3.05) is 0 Å². The lowest BCUT2D eigenvalue weighted by Gasteiger charge is -2.07. The number of para-hydroxylation sites is 1. The zero-order valence-corrected chi connectivity index (χ0v) is 13.8. The topological polar surface area (TPSA) is 80.7 Å². The van der Waals surface area contributed by atoms with Gasteiger partial charge < -0.3 is 4.74 Å². The first-order valence-electron chi connectivity index (χ1n) is 7.72. The molecule has 1 N–H and O–H groups in total. The Labute approximate surface area is 132 Å². The van der Waals surface area contributed by atoms with E-state index in [9.17, 15) is 13.2 Å². The molecule has 0 aliphatic heterocycles. The first-order chi connectivity index (χ1) is 10.4. The average Bonchev–Trinajstić information content (AvgIpc) is 2.46. The molecular formula is C16H24O5S. The number of hydrogen-bond donors (Lipinski definition) is 1. The Kier molecular flexibility index (Phi) is 8.12. The van der Waals surface area contributed by atoms with Crippen LogP contribution in [0.3, 0.4) is 0 Å². The normalized spacial score (nSPS) is 11.4. The number of unbranched alkanes of at least 4 members (excludes halogenated alkanes) is 6. The van der Waals surface area contributed by atoms with Crippen LogP contribution in [0, 0.1) is 0 Å². The minimum atomic E-state index is -4.39. The molecule has 0 spiro atoms. The second-order valence-corrected chi connectivity index (χ2v) is 6.66. The minimum Gasteiger partial charge on any atom is -0.425 e. The number of carbonyl (C=O) groups excluding carboxylic acids is 1. The zero-order valence-electron chi connectivity index (χ0n) is 13.0. The highest BCUT2D eigenvalue weighted by atomic mass is 32.2. The van der Waals surface area contributed by atoms with Crippen LogP contribution in [0.5, 0.6) is 5.75 Å². The molecule has 22 heavy (non-hydrogen) atoms. The molecule has 0 amide bonds. The number of rotatable bonds is 10. The predicted octanol–water partition coefficient (Wildman–Crippen LogP) is 3.98. The van der Waals surface area contributed by atoms with Gasteiger partial charge in [-0.05, 0) is 18.6 Å². The lowest BCUT2D eigenvalue weighted by atomic mass is 10.1. The van der Waals surface area contributed by atoms with Crippen molar-refractivity contribution in [3.63, 3.8) is 0 Å². The fourth-order valence-corrected chi connectivity index (χ4v) is 2.76. The predicted molar refractivity (Wildman–Crippen MR) is 84.5 cm³/mol. The molecule has 0 heterocycles. The summed E-state index contributed by atoms with van der Waals surface area (Å²) >= 11 is 0. The van der Waals surface area contributed by atoms with E-state index in [4.69, 9.17) is 9.29 Å². The van der Waals surface area contributed by atoms with E-state index in [1.165, 1.54) is 43.9 Å². The molecule has 0 aliphatic carbocycles. The molecule has 0 bridgehead atoms. The molecule has 1 aromatic rings. The minimum absolute atomic E-state index is 0.127. The van der Waals surface area contributed by atoms with Crippen molar-refractivity contribution in [3.8, 4) is 5.75 Å². The summed E-state index contributed by atoms with van der Waals surface area (Å²) in [6, 6.07) is 5.55. The van der Waals surface area contributed by atoms with Crippen LogP contribution in [-0.4, -0.2) is 18.9 Å². The van der Waals surface area contributed by atoms with Gasteiger partial charge in [-0.15, -0.1) is 0 Å². The van der Waals surface area contributed by atoms with Gasteiger partial charge in [0.25, 0.3) is 10.1 Å². The van der Waals surface area contributed by atoms with Gasteiger partial charge in [0.2, 0.25) is 0 Å². The quantitative estimate of drug-likeness (QED) is 0.304. The van der Waals surface area contributed by atoms with Gasteiger partial charge in [-0.3, -0.25) is 9.35 Å². The van der Waals surface area contributed by atoms with E-state index in [0.29, 0.717) is 0 Å². The maximum atomic E-state index is 11.7. The third-order valence-electron chi connectivity index (χ3n) is 3.34. The number of carbonyl (C=O) groups is 1. The van der Waals surface area contributed by atoms with Crippen LogP contribution in [0.25, 0.3) is 0 Å². The van der Waals surface area contributed by atoms with E-state index >= 15 is 0 Å². The van der Waals surface area contributed by atoms with E-state index < -0.39 is 16.1 Å². The van der Waals surface area contributed by atoms with E-state index in [2.05, 4.69) is 6.92 Å². The number of hydrogen-bond acceptors (Lipinski definition) is 4. The van der Waals surface area contributed by atoms with Gasteiger partial charge in [-0.25, -0.2) is 0 Å². The van der Waals surface area contributed by atoms with Crippen molar-refractivity contribution in [3.05, 3.63) is 24.3 Å². The standard InChI is InChI=1S/C16H24O5S/c1-2-3-4-5-6-7-8-13-16(17)21-14-11-9-10-12-15(14)22(18,19)20/h9-12H,2-8,13H2,1H3,(H,18,19,20). The smallest absolute Gasteiger partial charge is 0.311 e. The molecule has 0 atom stereocenters. The van der Waals surface area contributed by atoms with Crippen LogP contribution in [0.15, 0.2) is 29.2 Å². The number of esters is 1. The van der Waals surface area contributed by atoms with E-state index in [1.807, 2.05) is 0 Å². The molecule has 5 nitrogen and oxygen atoms in total. The first-order valence-corrected chi connectivity index (χ1v) is 9.16. The largest absolute Gasteiger partial charge is 0.425 e. The molecule has 1 aromatic carbocycles. The van der Waals surface area contributed by atoms with Gasteiger partial charge in [0.05, 0.1) is 0 Å². The molecule has 0 saturated heterocycles. The van der Waals surface area contributed by atoms with Crippen LogP contribution >= 0.6 is 0 Å². The average molecular weight is 328 g/mol. The van der Waals surface area contributed by atoms with E-state index in [0.717, 1.165) is 19.3 Å². The van der Waals surface area contributed by atoms with Crippen LogP contribution < -0.4 is 4.74 Å². The molecule has 0 aliphatic rings. The summed E-state index contributed by atoms with van der Waals surface area (Å²) in [6.07, 6.45) is 7.87. The first kappa shape index (κ1) is 18.6. The summed E-state index contributed by atoms with van der Waals surface area (Å²) in [5.41, 5.74) is 0. The second-order valence-electron chi connectivity index (χ2n) is 5.27. The van der Waals surface area contributed by atoms with Gasteiger partial charge >= 0.3 is 5.97 Å². The zero-order chi connectivity index (χ0) is 16.4. The third-order valence-corrected chi connectivity index (χ3v) is 4.23. The fourth-order valence-electron chi connectivity index (χ4n) is 2.15. The van der Waals surface area contributed by atoms with Crippen molar-refractivity contribution in [2.45, 2.75) is 63.2 Å². The molecule has 1 rings (SSSR count). The molecule has 0 fully saturated rings. The highest BCUT2D eigenvalue weighted by molar-refractivity contribution is 7.86. The summed E-state index contributed by atoms with van der Waals surface area (Å²) in [6.45, 7) is 2.17. The molecule has 0 unspecified atom stereocenters. The Morgan fingerprint density at radius 2 is 1.64 bits per heavy atom. The highest BCUT2D eigenvalue weighted by Gasteiger charge is 2.17. The SMILES string of the molecule is CCCCCCCCCC(=O)Oc1ccccc1S(=O)(=O)O. The fraction of sp³-hybridized carbons (Fsp3) is 0.562. The number of benzene rings is 1.